The Labute approximate surface area is 119 Å². The third-order valence-electron chi connectivity index (χ3n) is 4.27. The van der Waals surface area contributed by atoms with Crippen molar-refractivity contribution in [3.05, 3.63) is 18.2 Å². The van der Waals surface area contributed by atoms with Crippen molar-refractivity contribution in [2.75, 3.05) is 13.1 Å². The largest absolute Gasteiger partial charge is 0.336 e. The number of nitrogens with one attached hydrogen (secondary N) is 2. The second kappa shape index (κ2) is 5.83. The Bertz CT molecular complexity index is 460. The van der Waals surface area contributed by atoms with Gasteiger partial charge in [-0.3, -0.25) is 0 Å². The quantitative estimate of drug-likeness (QED) is 0.857. The van der Waals surface area contributed by atoms with Crippen LogP contribution in [0.1, 0.15) is 31.4 Å². The van der Waals surface area contributed by atoms with Crippen molar-refractivity contribution in [3.8, 4) is 0 Å². The number of piperidine rings is 1. The summed E-state index contributed by atoms with van der Waals surface area (Å²) in [6, 6.07) is 1.09. The number of rotatable bonds is 4. The molecule has 3 rings (SSSR count). The number of carbonyl (C=O) groups is 1. The van der Waals surface area contributed by atoms with E-state index in [9.17, 15) is 4.79 Å². The van der Waals surface area contributed by atoms with Gasteiger partial charge in [-0.1, -0.05) is 0 Å². The van der Waals surface area contributed by atoms with Crippen LogP contribution in [0.25, 0.3) is 0 Å². The zero-order valence-corrected chi connectivity index (χ0v) is 12.0. The lowest BCUT2D eigenvalue weighted by Gasteiger charge is -2.32. The number of hydrogen-bond acceptors (Lipinski definition) is 3. The summed E-state index contributed by atoms with van der Waals surface area (Å²) in [6.07, 6.45) is 8.37. The van der Waals surface area contributed by atoms with Gasteiger partial charge in [0.2, 0.25) is 0 Å². The molecule has 1 aliphatic heterocycles. The Morgan fingerprint density at radius 1 is 1.35 bits per heavy atom. The Balaban J connectivity index is 1.37. The van der Waals surface area contributed by atoms with Crippen molar-refractivity contribution >= 4 is 6.03 Å². The molecule has 0 bridgehead atoms. The molecule has 1 saturated heterocycles. The highest BCUT2D eigenvalue weighted by atomic mass is 16.2. The molecule has 1 aliphatic carbocycles. The lowest BCUT2D eigenvalue weighted by molar-refractivity contribution is 0.186. The van der Waals surface area contributed by atoms with Crippen LogP contribution < -0.4 is 10.6 Å². The standard InChI is InChI=1S/C14H23N5O/c1-18-10-15-8-13(18)9-16-14(20)17-11-4-6-19(7-5-11)12-2-3-12/h8,10-12H,2-7,9H2,1H3,(H2,16,17,20). The van der Waals surface area contributed by atoms with E-state index in [2.05, 4.69) is 20.5 Å². The molecule has 1 aromatic rings. The highest BCUT2D eigenvalue weighted by molar-refractivity contribution is 5.74. The Morgan fingerprint density at radius 3 is 2.70 bits per heavy atom. The molecule has 2 heterocycles. The number of aryl methyl sites for hydroxylation is 1. The van der Waals surface area contributed by atoms with Gasteiger partial charge in [0.05, 0.1) is 18.6 Å². The first-order valence-corrected chi connectivity index (χ1v) is 7.46. The lowest BCUT2D eigenvalue weighted by Crippen LogP contribution is -2.48. The molecular formula is C14H23N5O. The summed E-state index contributed by atoms with van der Waals surface area (Å²) in [5, 5.41) is 5.97. The number of imidazole rings is 1. The second-order valence-electron chi connectivity index (χ2n) is 5.86. The van der Waals surface area contributed by atoms with Gasteiger partial charge in [-0.25, -0.2) is 9.78 Å². The minimum absolute atomic E-state index is 0.0731. The summed E-state index contributed by atoms with van der Waals surface area (Å²) in [7, 11) is 1.93. The number of aromatic nitrogens is 2. The van der Waals surface area contributed by atoms with Crippen LogP contribution in [0.15, 0.2) is 12.5 Å². The van der Waals surface area contributed by atoms with E-state index in [0.29, 0.717) is 12.6 Å². The fourth-order valence-corrected chi connectivity index (χ4v) is 2.81. The number of carbonyl (C=O) groups excluding carboxylic acids is 1. The fourth-order valence-electron chi connectivity index (χ4n) is 2.81. The molecule has 0 radical (unpaired) electrons. The third kappa shape index (κ3) is 3.30. The van der Waals surface area contributed by atoms with Crippen LogP contribution in [0.4, 0.5) is 4.79 Å². The number of amides is 2. The Hall–Kier alpha value is -1.56. The van der Waals surface area contributed by atoms with E-state index < -0.39 is 0 Å². The summed E-state index contributed by atoms with van der Waals surface area (Å²) < 4.78 is 1.91. The van der Waals surface area contributed by atoms with Gasteiger partial charge in [-0.2, -0.15) is 0 Å². The lowest BCUT2D eigenvalue weighted by atomic mass is 10.1. The maximum Gasteiger partial charge on any atom is 0.315 e. The van der Waals surface area contributed by atoms with Gasteiger partial charge in [0.15, 0.2) is 0 Å². The van der Waals surface area contributed by atoms with E-state index in [0.717, 1.165) is 37.7 Å². The zero-order valence-electron chi connectivity index (χ0n) is 12.0. The van der Waals surface area contributed by atoms with Gasteiger partial charge < -0.3 is 20.1 Å². The molecule has 20 heavy (non-hydrogen) atoms. The second-order valence-corrected chi connectivity index (χ2v) is 5.86. The van der Waals surface area contributed by atoms with Crippen LogP contribution in [-0.4, -0.2) is 45.7 Å². The number of urea groups is 1. The maximum absolute atomic E-state index is 11.9. The number of hydrogen-bond donors (Lipinski definition) is 2. The van der Waals surface area contributed by atoms with Gasteiger partial charge in [0.25, 0.3) is 0 Å². The highest BCUT2D eigenvalue weighted by Crippen LogP contribution is 2.29. The third-order valence-corrected chi connectivity index (χ3v) is 4.27. The van der Waals surface area contributed by atoms with Crippen LogP contribution in [0.5, 0.6) is 0 Å². The van der Waals surface area contributed by atoms with Crippen LogP contribution in [0.2, 0.25) is 0 Å². The molecule has 2 aliphatic rings. The highest BCUT2D eigenvalue weighted by Gasteiger charge is 2.32. The molecule has 0 atom stereocenters. The van der Waals surface area contributed by atoms with E-state index in [-0.39, 0.29) is 6.03 Å². The minimum Gasteiger partial charge on any atom is -0.336 e. The van der Waals surface area contributed by atoms with Crippen molar-refractivity contribution in [2.45, 2.75) is 44.3 Å². The number of nitrogens with zero attached hydrogens (tertiary/aromatic N) is 3. The van der Waals surface area contributed by atoms with Gasteiger partial charge in [0, 0.05) is 38.4 Å². The van der Waals surface area contributed by atoms with Crippen molar-refractivity contribution < 1.29 is 4.79 Å². The molecule has 2 amide bonds. The van der Waals surface area contributed by atoms with Crippen molar-refractivity contribution in [1.82, 2.24) is 25.1 Å². The van der Waals surface area contributed by atoms with E-state index in [1.807, 2.05) is 11.6 Å². The van der Waals surface area contributed by atoms with Gasteiger partial charge >= 0.3 is 6.03 Å². The molecule has 0 unspecified atom stereocenters. The van der Waals surface area contributed by atoms with Crippen molar-refractivity contribution in [1.29, 1.82) is 0 Å². The van der Waals surface area contributed by atoms with Crippen LogP contribution >= 0.6 is 0 Å². The normalized spacial score (nSPS) is 20.9. The van der Waals surface area contributed by atoms with Gasteiger partial charge in [-0.05, 0) is 25.7 Å². The Kier molecular flexibility index (Phi) is 3.91. The van der Waals surface area contributed by atoms with E-state index in [4.69, 9.17) is 0 Å². The molecule has 6 heteroatoms. The molecule has 6 nitrogen and oxygen atoms in total. The predicted octanol–water partition coefficient (Wildman–Crippen LogP) is 0.846. The molecule has 2 N–H and O–H groups in total. The van der Waals surface area contributed by atoms with Crippen molar-refractivity contribution in [3.63, 3.8) is 0 Å². The zero-order chi connectivity index (χ0) is 13.9. The predicted molar refractivity (Wildman–Crippen MR) is 76.2 cm³/mol. The smallest absolute Gasteiger partial charge is 0.315 e. The summed E-state index contributed by atoms with van der Waals surface area (Å²) >= 11 is 0. The van der Waals surface area contributed by atoms with Crippen molar-refractivity contribution in [2.24, 2.45) is 7.05 Å². The first-order chi connectivity index (χ1) is 9.72. The summed E-state index contributed by atoms with van der Waals surface area (Å²) in [5.41, 5.74) is 1.00. The summed E-state index contributed by atoms with van der Waals surface area (Å²) in [4.78, 5) is 18.5. The van der Waals surface area contributed by atoms with E-state index in [1.165, 1.54) is 12.8 Å². The summed E-state index contributed by atoms with van der Waals surface area (Å²) in [6.45, 7) is 2.76. The average molecular weight is 277 g/mol. The van der Waals surface area contributed by atoms with Crippen LogP contribution in [0.3, 0.4) is 0 Å². The Morgan fingerprint density at radius 2 is 2.10 bits per heavy atom. The monoisotopic (exact) mass is 277 g/mol. The van der Waals surface area contributed by atoms with E-state index >= 15 is 0 Å². The molecule has 1 saturated carbocycles. The molecular weight excluding hydrogens is 254 g/mol. The first-order valence-electron chi connectivity index (χ1n) is 7.46. The average Bonchev–Trinajstić information content (AvgIpc) is 3.21. The van der Waals surface area contributed by atoms with Gasteiger partial charge in [-0.15, -0.1) is 0 Å². The molecule has 2 fully saturated rings. The topological polar surface area (TPSA) is 62.2 Å². The van der Waals surface area contributed by atoms with Gasteiger partial charge in [0.1, 0.15) is 0 Å². The maximum atomic E-state index is 11.9. The van der Waals surface area contributed by atoms with Crippen LogP contribution in [-0.2, 0) is 13.6 Å². The molecule has 110 valence electrons. The van der Waals surface area contributed by atoms with E-state index in [1.54, 1.807) is 12.5 Å². The first kappa shape index (κ1) is 13.4. The molecule has 0 aromatic carbocycles. The van der Waals surface area contributed by atoms with Crippen LogP contribution in [0, 0.1) is 0 Å². The number of likely N-dealkylation sites (tertiary alicyclic amines) is 1. The fraction of sp³-hybridized carbons (Fsp3) is 0.714. The molecule has 0 spiro atoms. The summed E-state index contributed by atoms with van der Waals surface area (Å²) in [5.74, 6) is 0. The SMILES string of the molecule is Cn1cncc1CNC(=O)NC1CCN(C2CC2)CC1. The molecule has 1 aromatic heterocycles. The minimum atomic E-state index is -0.0731.